The Labute approximate surface area is 456 Å². The maximum atomic E-state index is 12.5. The molecule has 3 N–H and O–H groups in total. The van der Waals surface area contributed by atoms with Gasteiger partial charge in [0.05, 0.1) is 25.4 Å². The molecular weight excluding hydrogens is 899 g/mol. The van der Waals surface area contributed by atoms with Crippen LogP contribution >= 0.6 is 0 Å². The van der Waals surface area contributed by atoms with E-state index in [9.17, 15) is 19.8 Å². The molecule has 1 amide bonds. The SMILES string of the molecule is CCCCCCCCCCCCCCCC/C=C/C(O)C(CO)NC(=O)CCCCCCCCCCCCC/C=C\CCCCCCCCCCCCCCOC(=O)CCCCCCCCCCCCCCC. The lowest BCUT2D eigenvalue weighted by molar-refractivity contribution is -0.143. The van der Waals surface area contributed by atoms with Crippen LogP contribution in [0.5, 0.6) is 0 Å². The molecule has 0 bridgehead atoms. The Bertz CT molecular complexity index is 1140. The number of unbranched alkanes of at least 4 members (excludes halogenated alkanes) is 49. The van der Waals surface area contributed by atoms with Crippen LogP contribution in [0.25, 0.3) is 0 Å². The van der Waals surface area contributed by atoms with Gasteiger partial charge in [-0.15, -0.1) is 0 Å². The zero-order valence-corrected chi connectivity index (χ0v) is 49.4. The number of esters is 1. The third-order valence-corrected chi connectivity index (χ3v) is 15.5. The Kier molecular flexibility index (Phi) is 61.4. The van der Waals surface area contributed by atoms with Gasteiger partial charge in [-0.1, -0.05) is 321 Å². The monoisotopic (exact) mass is 1030 g/mol. The molecule has 0 aliphatic carbocycles. The van der Waals surface area contributed by atoms with Crippen molar-refractivity contribution in [3.8, 4) is 0 Å². The molecule has 0 aromatic carbocycles. The third-order valence-electron chi connectivity index (χ3n) is 15.5. The van der Waals surface area contributed by atoms with Gasteiger partial charge >= 0.3 is 5.97 Å². The number of aliphatic hydroxyl groups excluding tert-OH is 2. The predicted octanol–water partition coefficient (Wildman–Crippen LogP) is 21.0. The van der Waals surface area contributed by atoms with Crippen molar-refractivity contribution in [1.29, 1.82) is 0 Å². The first-order valence-electron chi connectivity index (χ1n) is 33.1. The number of ether oxygens (including phenoxy) is 1. The number of hydrogen-bond acceptors (Lipinski definition) is 5. The Morgan fingerprint density at radius 1 is 0.370 bits per heavy atom. The summed E-state index contributed by atoms with van der Waals surface area (Å²) in [5, 5.41) is 23.2. The lowest BCUT2D eigenvalue weighted by Crippen LogP contribution is -2.45. The van der Waals surface area contributed by atoms with Crippen LogP contribution in [0.1, 0.15) is 367 Å². The Hall–Kier alpha value is -1.66. The fourth-order valence-electron chi connectivity index (χ4n) is 10.4. The number of carbonyl (C=O) groups excluding carboxylic acids is 2. The quantitative estimate of drug-likeness (QED) is 0.0320. The molecule has 0 aromatic heterocycles. The highest BCUT2D eigenvalue weighted by atomic mass is 16.5. The van der Waals surface area contributed by atoms with Gasteiger partial charge in [0.2, 0.25) is 5.91 Å². The van der Waals surface area contributed by atoms with Gasteiger partial charge in [-0.3, -0.25) is 9.59 Å². The van der Waals surface area contributed by atoms with Crippen molar-refractivity contribution in [3.05, 3.63) is 24.3 Å². The van der Waals surface area contributed by atoms with Crippen LogP contribution in [0.15, 0.2) is 24.3 Å². The second-order valence-corrected chi connectivity index (χ2v) is 22.8. The average molecular weight is 1030 g/mol. The van der Waals surface area contributed by atoms with E-state index in [0.717, 1.165) is 38.5 Å². The summed E-state index contributed by atoms with van der Waals surface area (Å²) in [6.07, 6.45) is 78.1. The van der Waals surface area contributed by atoms with Gasteiger partial charge in [-0.25, -0.2) is 0 Å². The first kappa shape index (κ1) is 71.3. The van der Waals surface area contributed by atoms with Crippen LogP contribution in [0.2, 0.25) is 0 Å². The predicted molar refractivity (Wildman–Crippen MR) is 320 cm³/mol. The van der Waals surface area contributed by atoms with Crippen molar-refractivity contribution in [3.63, 3.8) is 0 Å². The van der Waals surface area contributed by atoms with E-state index in [-0.39, 0.29) is 18.5 Å². The van der Waals surface area contributed by atoms with Gasteiger partial charge in [0.15, 0.2) is 0 Å². The molecule has 2 unspecified atom stereocenters. The van der Waals surface area contributed by atoms with Crippen LogP contribution in [-0.2, 0) is 14.3 Å². The summed E-state index contributed by atoms with van der Waals surface area (Å²) >= 11 is 0. The molecule has 0 aliphatic heterocycles. The zero-order valence-electron chi connectivity index (χ0n) is 49.4. The second-order valence-electron chi connectivity index (χ2n) is 22.8. The van der Waals surface area contributed by atoms with Gasteiger partial charge in [0, 0.05) is 12.8 Å². The third kappa shape index (κ3) is 59.4. The Morgan fingerprint density at radius 3 is 0.973 bits per heavy atom. The highest BCUT2D eigenvalue weighted by molar-refractivity contribution is 5.76. The first-order chi connectivity index (χ1) is 36.0. The van der Waals surface area contributed by atoms with Gasteiger partial charge in [0.25, 0.3) is 0 Å². The van der Waals surface area contributed by atoms with Crippen LogP contribution < -0.4 is 5.32 Å². The number of hydrogen-bond donors (Lipinski definition) is 3. The molecule has 2 atom stereocenters. The van der Waals surface area contributed by atoms with Crippen LogP contribution in [-0.4, -0.2) is 47.4 Å². The van der Waals surface area contributed by atoms with E-state index in [4.69, 9.17) is 4.74 Å². The molecule has 0 heterocycles. The maximum Gasteiger partial charge on any atom is 0.305 e. The zero-order chi connectivity index (χ0) is 52.9. The van der Waals surface area contributed by atoms with Crippen molar-refractivity contribution < 1.29 is 24.5 Å². The van der Waals surface area contributed by atoms with Crippen molar-refractivity contribution >= 4 is 11.9 Å². The van der Waals surface area contributed by atoms with Gasteiger partial charge < -0.3 is 20.3 Å². The first-order valence-corrected chi connectivity index (χ1v) is 33.1. The molecule has 73 heavy (non-hydrogen) atoms. The second kappa shape index (κ2) is 62.9. The molecule has 0 saturated heterocycles. The minimum absolute atomic E-state index is 0.0167. The van der Waals surface area contributed by atoms with Gasteiger partial charge in [-0.05, 0) is 57.8 Å². The fraction of sp³-hybridized carbons (Fsp3) is 0.910. The highest BCUT2D eigenvalue weighted by Gasteiger charge is 2.18. The summed E-state index contributed by atoms with van der Waals surface area (Å²) in [6, 6.07) is -0.628. The summed E-state index contributed by atoms with van der Waals surface area (Å²) < 4.78 is 5.48. The molecule has 0 radical (unpaired) electrons. The molecule has 6 heteroatoms. The number of nitrogens with one attached hydrogen (secondary N) is 1. The molecule has 0 fully saturated rings. The Balaban J connectivity index is 3.40. The number of allylic oxidation sites excluding steroid dienone is 3. The van der Waals surface area contributed by atoms with Crippen molar-refractivity contribution in [2.75, 3.05) is 13.2 Å². The van der Waals surface area contributed by atoms with E-state index in [2.05, 4.69) is 31.3 Å². The lowest BCUT2D eigenvalue weighted by atomic mass is 10.0. The molecule has 0 spiro atoms. The van der Waals surface area contributed by atoms with Crippen molar-refractivity contribution in [2.45, 2.75) is 379 Å². The van der Waals surface area contributed by atoms with E-state index >= 15 is 0 Å². The van der Waals surface area contributed by atoms with E-state index in [1.54, 1.807) is 6.08 Å². The molecule has 0 aromatic rings. The summed E-state index contributed by atoms with van der Waals surface area (Å²) in [4.78, 5) is 24.5. The van der Waals surface area contributed by atoms with Crippen LogP contribution in [0, 0.1) is 0 Å². The molecule has 0 saturated carbocycles. The maximum absolute atomic E-state index is 12.5. The summed E-state index contributed by atoms with van der Waals surface area (Å²) in [6.45, 7) is 4.93. The molecule has 432 valence electrons. The standard InChI is InChI=1S/C67H129NO5/c1-3-5-7-9-11-13-15-17-18-32-36-39-43-47-51-55-59-65(70)64(63-69)68-66(71)60-56-52-48-44-40-37-33-30-28-26-24-22-20-19-21-23-25-27-29-31-34-38-42-46-50-54-58-62-73-67(72)61-57-53-49-45-41-35-16-14-12-10-8-6-4-2/h19-20,55,59,64-65,69-70H,3-18,21-54,56-58,60-63H2,1-2H3,(H,68,71)/b20-19-,59-55+. The molecule has 0 rings (SSSR count). The normalized spacial score (nSPS) is 12.7. The van der Waals surface area contributed by atoms with E-state index in [0.29, 0.717) is 19.4 Å². The summed E-state index contributed by atoms with van der Waals surface area (Å²) in [7, 11) is 0. The molecule has 0 aliphatic rings. The summed E-state index contributed by atoms with van der Waals surface area (Å²) in [5.74, 6) is -0.0497. The minimum Gasteiger partial charge on any atom is -0.466 e. The largest absolute Gasteiger partial charge is 0.466 e. The molecular formula is C67H129NO5. The number of rotatable bonds is 62. The van der Waals surface area contributed by atoms with Crippen molar-refractivity contribution in [1.82, 2.24) is 5.32 Å². The average Bonchev–Trinajstić information content (AvgIpc) is 3.39. The van der Waals surface area contributed by atoms with E-state index < -0.39 is 12.1 Å². The van der Waals surface area contributed by atoms with E-state index in [1.807, 2.05) is 6.08 Å². The minimum atomic E-state index is -0.844. The van der Waals surface area contributed by atoms with Crippen LogP contribution in [0.4, 0.5) is 0 Å². The van der Waals surface area contributed by atoms with Gasteiger partial charge in [-0.2, -0.15) is 0 Å². The smallest absolute Gasteiger partial charge is 0.305 e. The van der Waals surface area contributed by atoms with E-state index in [1.165, 1.54) is 302 Å². The molecule has 6 nitrogen and oxygen atoms in total. The number of carbonyl (C=O) groups is 2. The lowest BCUT2D eigenvalue weighted by Gasteiger charge is -2.20. The number of aliphatic hydroxyl groups is 2. The summed E-state index contributed by atoms with van der Waals surface area (Å²) in [5.41, 5.74) is 0. The Morgan fingerprint density at radius 2 is 0.644 bits per heavy atom. The fourth-order valence-corrected chi connectivity index (χ4v) is 10.4. The highest BCUT2D eigenvalue weighted by Crippen LogP contribution is 2.18. The van der Waals surface area contributed by atoms with Gasteiger partial charge in [0.1, 0.15) is 0 Å². The topological polar surface area (TPSA) is 95.9 Å². The van der Waals surface area contributed by atoms with Crippen molar-refractivity contribution in [2.24, 2.45) is 0 Å². The number of amides is 1. The van der Waals surface area contributed by atoms with Crippen LogP contribution in [0.3, 0.4) is 0 Å².